The van der Waals surface area contributed by atoms with Crippen LogP contribution in [0.2, 0.25) is 0 Å². The van der Waals surface area contributed by atoms with Crippen LogP contribution in [0.15, 0.2) is 36.7 Å². The second kappa shape index (κ2) is 6.21. The van der Waals surface area contributed by atoms with Crippen molar-refractivity contribution in [1.82, 2.24) is 9.78 Å². The smallest absolute Gasteiger partial charge is 0.0713 e. The molecule has 18 heavy (non-hydrogen) atoms. The Hall–Kier alpha value is -1.81. The van der Waals surface area contributed by atoms with Gasteiger partial charge in [-0.25, -0.2) is 0 Å². The van der Waals surface area contributed by atoms with Crippen LogP contribution in [0.5, 0.6) is 0 Å². The van der Waals surface area contributed by atoms with Crippen LogP contribution in [-0.4, -0.2) is 23.4 Å². The highest BCUT2D eigenvalue weighted by atomic mass is 16.5. The van der Waals surface area contributed by atoms with Crippen LogP contribution in [0.25, 0.3) is 0 Å². The van der Waals surface area contributed by atoms with E-state index in [9.17, 15) is 0 Å². The van der Waals surface area contributed by atoms with Gasteiger partial charge in [0.25, 0.3) is 0 Å². The van der Waals surface area contributed by atoms with E-state index in [0.29, 0.717) is 6.61 Å². The third-order valence-electron chi connectivity index (χ3n) is 2.74. The number of hydrogen-bond donors (Lipinski definition) is 1. The average molecular weight is 245 g/mol. The molecule has 0 unspecified atom stereocenters. The molecule has 1 heterocycles. The normalized spacial score (nSPS) is 10.6. The Morgan fingerprint density at radius 1 is 1.33 bits per heavy atom. The number of rotatable bonds is 6. The van der Waals surface area contributed by atoms with Gasteiger partial charge in [0.05, 0.1) is 12.8 Å². The van der Waals surface area contributed by atoms with Gasteiger partial charge in [-0.2, -0.15) is 5.10 Å². The number of aromatic nitrogens is 2. The molecule has 0 spiro atoms. The number of ether oxygens (including phenoxy) is 1. The number of nitrogens with one attached hydrogen (secondary N) is 1. The van der Waals surface area contributed by atoms with Gasteiger partial charge in [-0.3, -0.25) is 4.68 Å². The van der Waals surface area contributed by atoms with Crippen molar-refractivity contribution in [2.75, 3.05) is 19.0 Å². The fraction of sp³-hybridized carbons (Fsp3) is 0.357. The molecule has 0 amide bonds. The van der Waals surface area contributed by atoms with Gasteiger partial charge in [0, 0.05) is 32.6 Å². The summed E-state index contributed by atoms with van der Waals surface area (Å²) in [6.07, 6.45) is 4.92. The molecule has 4 nitrogen and oxygen atoms in total. The number of nitrogens with zero attached hydrogens (tertiary/aromatic N) is 2. The van der Waals surface area contributed by atoms with Gasteiger partial charge in [0.15, 0.2) is 0 Å². The molecular formula is C14H19N3O. The molecule has 96 valence electrons. The van der Waals surface area contributed by atoms with E-state index >= 15 is 0 Å². The second-order valence-electron chi connectivity index (χ2n) is 4.33. The Labute approximate surface area is 108 Å². The first-order chi connectivity index (χ1) is 8.78. The van der Waals surface area contributed by atoms with Gasteiger partial charge < -0.3 is 10.1 Å². The Kier molecular flexibility index (Phi) is 4.36. The first kappa shape index (κ1) is 12.6. The Bertz CT molecular complexity index is 493. The van der Waals surface area contributed by atoms with Crippen LogP contribution in [0.3, 0.4) is 0 Å². The summed E-state index contributed by atoms with van der Waals surface area (Å²) in [5.41, 5.74) is 3.57. The number of anilines is 1. The van der Waals surface area contributed by atoms with Gasteiger partial charge in [0.2, 0.25) is 0 Å². The van der Waals surface area contributed by atoms with E-state index in [2.05, 4.69) is 28.6 Å². The molecule has 0 saturated carbocycles. The minimum Gasteiger partial charge on any atom is -0.385 e. The Morgan fingerprint density at radius 3 is 2.94 bits per heavy atom. The zero-order valence-electron chi connectivity index (χ0n) is 10.9. The van der Waals surface area contributed by atoms with Gasteiger partial charge >= 0.3 is 0 Å². The summed E-state index contributed by atoms with van der Waals surface area (Å²) in [6.45, 7) is 1.56. The predicted molar refractivity (Wildman–Crippen MR) is 72.6 cm³/mol. The summed E-state index contributed by atoms with van der Waals surface area (Å²) in [5.74, 6) is 0. The molecular weight excluding hydrogens is 226 g/mol. The molecule has 1 N–H and O–H groups in total. The van der Waals surface area contributed by atoms with Crippen molar-refractivity contribution < 1.29 is 4.74 Å². The quantitative estimate of drug-likeness (QED) is 0.848. The topological polar surface area (TPSA) is 39.1 Å². The van der Waals surface area contributed by atoms with Crippen LogP contribution in [-0.2, 0) is 24.8 Å². The lowest BCUT2D eigenvalue weighted by Gasteiger charge is -2.07. The minimum atomic E-state index is 0.651. The second-order valence-corrected chi connectivity index (χ2v) is 4.33. The number of aryl methyl sites for hydroxylation is 1. The molecule has 0 atom stereocenters. The van der Waals surface area contributed by atoms with Crippen molar-refractivity contribution in [2.45, 2.75) is 13.0 Å². The monoisotopic (exact) mass is 245 g/mol. The molecule has 4 heteroatoms. The van der Waals surface area contributed by atoms with Gasteiger partial charge in [-0.1, -0.05) is 12.1 Å². The van der Waals surface area contributed by atoms with Gasteiger partial charge in [-0.15, -0.1) is 0 Å². The lowest BCUT2D eigenvalue weighted by atomic mass is 10.2. The van der Waals surface area contributed by atoms with E-state index in [4.69, 9.17) is 4.74 Å². The molecule has 1 aromatic carbocycles. The van der Waals surface area contributed by atoms with Crippen LogP contribution in [0.1, 0.15) is 11.1 Å². The van der Waals surface area contributed by atoms with Crippen LogP contribution < -0.4 is 5.32 Å². The largest absolute Gasteiger partial charge is 0.385 e. The maximum atomic E-state index is 5.12. The van der Waals surface area contributed by atoms with E-state index in [0.717, 1.165) is 18.7 Å². The van der Waals surface area contributed by atoms with Gasteiger partial charge in [-0.05, 0) is 29.7 Å². The van der Waals surface area contributed by atoms with E-state index in [-0.39, 0.29) is 0 Å². The number of hydrogen-bond acceptors (Lipinski definition) is 3. The van der Waals surface area contributed by atoms with Gasteiger partial charge in [0.1, 0.15) is 0 Å². The zero-order chi connectivity index (χ0) is 12.8. The third kappa shape index (κ3) is 3.60. The predicted octanol–water partition coefficient (Wildman–Crippen LogP) is 2.22. The Morgan fingerprint density at radius 2 is 2.22 bits per heavy atom. The zero-order valence-corrected chi connectivity index (χ0v) is 10.9. The highest BCUT2D eigenvalue weighted by molar-refractivity contribution is 5.45. The lowest BCUT2D eigenvalue weighted by Crippen LogP contribution is -2.04. The standard InChI is InChI=1S/C14H19N3O/c1-17-10-13(9-16-17)6-7-15-14-5-3-4-12(8-14)11-18-2/h3-5,8-10,15H,6-7,11H2,1-2H3. The molecule has 0 aliphatic carbocycles. The number of methoxy groups -OCH3 is 1. The maximum Gasteiger partial charge on any atom is 0.0713 e. The summed E-state index contributed by atoms with van der Waals surface area (Å²) in [4.78, 5) is 0. The van der Waals surface area contributed by atoms with Crippen molar-refractivity contribution in [3.8, 4) is 0 Å². The molecule has 2 aromatic rings. The first-order valence-corrected chi connectivity index (χ1v) is 6.07. The van der Waals surface area contributed by atoms with Crippen molar-refractivity contribution >= 4 is 5.69 Å². The van der Waals surface area contributed by atoms with E-state index < -0.39 is 0 Å². The lowest BCUT2D eigenvalue weighted by molar-refractivity contribution is 0.185. The third-order valence-corrected chi connectivity index (χ3v) is 2.74. The fourth-order valence-electron chi connectivity index (χ4n) is 1.89. The van der Waals surface area contributed by atoms with Crippen LogP contribution in [0.4, 0.5) is 5.69 Å². The summed E-state index contributed by atoms with van der Waals surface area (Å²) < 4.78 is 6.95. The summed E-state index contributed by atoms with van der Waals surface area (Å²) in [7, 11) is 3.65. The van der Waals surface area contributed by atoms with E-state index in [1.807, 2.05) is 30.2 Å². The van der Waals surface area contributed by atoms with Crippen molar-refractivity contribution in [3.05, 3.63) is 47.8 Å². The fourth-order valence-corrected chi connectivity index (χ4v) is 1.89. The Balaban J connectivity index is 1.84. The van der Waals surface area contributed by atoms with Crippen LogP contribution >= 0.6 is 0 Å². The van der Waals surface area contributed by atoms with Crippen molar-refractivity contribution in [2.24, 2.45) is 7.05 Å². The van der Waals surface area contributed by atoms with Crippen LogP contribution in [0, 0.1) is 0 Å². The molecule has 0 aliphatic rings. The summed E-state index contributed by atoms with van der Waals surface area (Å²) in [6, 6.07) is 8.30. The molecule has 1 aromatic heterocycles. The SMILES string of the molecule is COCc1cccc(NCCc2cnn(C)c2)c1. The highest BCUT2D eigenvalue weighted by Gasteiger charge is 1.98. The van der Waals surface area contributed by atoms with E-state index in [1.54, 1.807) is 7.11 Å². The average Bonchev–Trinajstić information content (AvgIpc) is 2.76. The number of benzene rings is 1. The molecule has 0 radical (unpaired) electrons. The molecule has 0 aliphatic heterocycles. The maximum absolute atomic E-state index is 5.12. The van der Waals surface area contributed by atoms with Crippen molar-refractivity contribution in [1.29, 1.82) is 0 Å². The van der Waals surface area contributed by atoms with E-state index in [1.165, 1.54) is 11.1 Å². The molecule has 0 saturated heterocycles. The highest BCUT2D eigenvalue weighted by Crippen LogP contribution is 2.11. The molecule has 0 bridgehead atoms. The molecule has 0 fully saturated rings. The first-order valence-electron chi connectivity index (χ1n) is 6.07. The molecule has 2 rings (SSSR count). The summed E-state index contributed by atoms with van der Waals surface area (Å²) in [5, 5.41) is 7.56. The minimum absolute atomic E-state index is 0.651. The summed E-state index contributed by atoms with van der Waals surface area (Å²) >= 11 is 0. The van der Waals surface area contributed by atoms with Crippen molar-refractivity contribution in [3.63, 3.8) is 0 Å².